The molecular weight excluding hydrogens is 353 g/mol. The van der Waals surface area contributed by atoms with Crippen LogP contribution in [0.1, 0.15) is 11.3 Å². The van der Waals surface area contributed by atoms with Gasteiger partial charge in [-0.15, -0.1) is 5.10 Å². The Bertz CT molecular complexity index is 1050. The zero-order valence-corrected chi connectivity index (χ0v) is 13.7. The number of halogens is 3. The molecule has 2 heterocycles. The molecule has 3 aromatic rings. The predicted octanol–water partition coefficient (Wildman–Crippen LogP) is 1.49. The number of anilines is 1. The lowest BCUT2D eigenvalue weighted by molar-refractivity contribution is -0.137. The van der Waals surface area contributed by atoms with Crippen molar-refractivity contribution in [2.45, 2.75) is 19.6 Å². The van der Waals surface area contributed by atoms with Crippen molar-refractivity contribution in [2.75, 3.05) is 5.32 Å². The molecule has 8 nitrogen and oxygen atoms in total. The third-order valence-electron chi connectivity index (χ3n) is 3.76. The fraction of sp³-hybridized carbons (Fsp3) is 0.267. The summed E-state index contributed by atoms with van der Waals surface area (Å²) in [5.41, 5.74) is -0.514. The van der Waals surface area contributed by atoms with Gasteiger partial charge in [0, 0.05) is 12.7 Å². The SMILES string of the molecule is Cc1c2nnn(CC(=O)Nc3cccc(C(F)(F)F)c3)c(=O)c2nn1C. The van der Waals surface area contributed by atoms with Crippen LogP contribution < -0.4 is 10.9 Å². The molecule has 136 valence electrons. The number of benzene rings is 1. The normalized spacial score (nSPS) is 11.7. The van der Waals surface area contributed by atoms with E-state index in [0.717, 1.165) is 16.8 Å². The van der Waals surface area contributed by atoms with E-state index in [4.69, 9.17) is 0 Å². The van der Waals surface area contributed by atoms with Crippen LogP contribution in [0.25, 0.3) is 11.0 Å². The van der Waals surface area contributed by atoms with Gasteiger partial charge >= 0.3 is 6.18 Å². The molecule has 2 aromatic heterocycles. The van der Waals surface area contributed by atoms with E-state index < -0.39 is 29.8 Å². The first-order chi connectivity index (χ1) is 12.2. The number of aromatic nitrogens is 5. The Morgan fingerprint density at radius 3 is 2.69 bits per heavy atom. The first-order valence-electron chi connectivity index (χ1n) is 7.41. The molecule has 0 aliphatic heterocycles. The highest BCUT2D eigenvalue weighted by molar-refractivity contribution is 5.90. The summed E-state index contributed by atoms with van der Waals surface area (Å²) in [6.45, 7) is 1.21. The largest absolute Gasteiger partial charge is 0.416 e. The Labute approximate surface area is 144 Å². The standard InChI is InChI=1S/C15H13F3N6O2/c1-8-12-13(21-23(8)2)14(26)24(22-20-12)7-11(25)19-10-5-3-4-9(6-10)15(16,17)18/h3-6H,7H2,1-2H3,(H,19,25). The van der Waals surface area contributed by atoms with E-state index in [0.29, 0.717) is 11.2 Å². The molecule has 0 spiro atoms. The van der Waals surface area contributed by atoms with Crippen LogP contribution >= 0.6 is 0 Å². The minimum Gasteiger partial charge on any atom is -0.324 e. The third-order valence-corrected chi connectivity index (χ3v) is 3.76. The summed E-state index contributed by atoms with van der Waals surface area (Å²) in [7, 11) is 1.64. The summed E-state index contributed by atoms with van der Waals surface area (Å²) >= 11 is 0. The number of amides is 1. The number of rotatable bonds is 3. The van der Waals surface area contributed by atoms with E-state index in [9.17, 15) is 22.8 Å². The van der Waals surface area contributed by atoms with Crippen molar-refractivity contribution in [2.24, 2.45) is 7.05 Å². The van der Waals surface area contributed by atoms with Crippen molar-refractivity contribution in [1.29, 1.82) is 0 Å². The van der Waals surface area contributed by atoms with Crippen LogP contribution in [0.15, 0.2) is 29.1 Å². The zero-order chi connectivity index (χ0) is 19.1. The molecule has 1 amide bonds. The van der Waals surface area contributed by atoms with Gasteiger partial charge in [0.05, 0.1) is 11.3 Å². The summed E-state index contributed by atoms with van der Waals surface area (Å²) in [4.78, 5) is 24.4. The van der Waals surface area contributed by atoms with Gasteiger partial charge < -0.3 is 5.32 Å². The number of carbonyl (C=O) groups excluding carboxylic acids is 1. The van der Waals surface area contributed by atoms with E-state index in [1.165, 1.54) is 16.8 Å². The van der Waals surface area contributed by atoms with Crippen LogP contribution in [0, 0.1) is 6.92 Å². The molecule has 0 atom stereocenters. The van der Waals surface area contributed by atoms with Crippen molar-refractivity contribution in [3.8, 4) is 0 Å². The highest BCUT2D eigenvalue weighted by Gasteiger charge is 2.30. The van der Waals surface area contributed by atoms with Gasteiger partial charge in [-0.2, -0.15) is 23.0 Å². The molecule has 11 heteroatoms. The molecule has 26 heavy (non-hydrogen) atoms. The number of aryl methyl sites for hydroxylation is 2. The van der Waals surface area contributed by atoms with Crippen LogP contribution in [-0.4, -0.2) is 30.7 Å². The van der Waals surface area contributed by atoms with Crippen LogP contribution in [0.5, 0.6) is 0 Å². The molecule has 0 fully saturated rings. The van der Waals surface area contributed by atoms with Crippen LogP contribution in [-0.2, 0) is 24.6 Å². The topological polar surface area (TPSA) is 94.7 Å². The second kappa shape index (κ2) is 6.24. The minimum atomic E-state index is -4.52. The fourth-order valence-electron chi connectivity index (χ4n) is 2.34. The van der Waals surface area contributed by atoms with Crippen LogP contribution in [0.3, 0.4) is 0 Å². The van der Waals surface area contributed by atoms with E-state index in [1.54, 1.807) is 14.0 Å². The van der Waals surface area contributed by atoms with E-state index in [1.807, 2.05) is 0 Å². The average molecular weight is 366 g/mol. The molecule has 0 saturated heterocycles. The number of alkyl halides is 3. The maximum Gasteiger partial charge on any atom is 0.416 e. The van der Waals surface area contributed by atoms with Gasteiger partial charge in [-0.1, -0.05) is 11.3 Å². The molecular formula is C15H13F3N6O2. The van der Waals surface area contributed by atoms with Gasteiger partial charge in [-0.25, -0.2) is 0 Å². The summed E-state index contributed by atoms with van der Waals surface area (Å²) in [5.74, 6) is -0.715. The second-order valence-corrected chi connectivity index (χ2v) is 5.59. The molecule has 0 unspecified atom stereocenters. The van der Waals surface area contributed by atoms with E-state index >= 15 is 0 Å². The van der Waals surface area contributed by atoms with Crippen molar-refractivity contribution >= 4 is 22.6 Å². The molecule has 0 aliphatic carbocycles. The zero-order valence-electron chi connectivity index (χ0n) is 13.7. The number of fused-ring (bicyclic) bond motifs is 1. The number of nitrogens with zero attached hydrogens (tertiary/aromatic N) is 5. The van der Waals surface area contributed by atoms with Crippen molar-refractivity contribution in [3.63, 3.8) is 0 Å². The lowest BCUT2D eigenvalue weighted by Crippen LogP contribution is -2.30. The van der Waals surface area contributed by atoms with Gasteiger partial charge in [-0.3, -0.25) is 14.3 Å². The Kier molecular flexibility index (Phi) is 4.22. The van der Waals surface area contributed by atoms with Crippen molar-refractivity contribution in [1.82, 2.24) is 24.8 Å². The third kappa shape index (κ3) is 3.27. The Morgan fingerprint density at radius 2 is 2.00 bits per heavy atom. The van der Waals surface area contributed by atoms with Crippen LogP contribution in [0.2, 0.25) is 0 Å². The monoisotopic (exact) mass is 366 g/mol. The Morgan fingerprint density at radius 1 is 1.27 bits per heavy atom. The lowest BCUT2D eigenvalue weighted by Gasteiger charge is -2.10. The van der Waals surface area contributed by atoms with Gasteiger partial charge in [0.25, 0.3) is 5.56 Å². The molecule has 1 aromatic carbocycles. The molecule has 1 N–H and O–H groups in total. The van der Waals surface area contributed by atoms with Crippen LogP contribution in [0.4, 0.5) is 18.9 Å². The predicted molar refractivity (Wildman–Crippen MR) is 85.4 cm³/mol. The quantitative estimate of drug-likeness (QED) is 0.758. The van der Waals surface area contributed by atoms with Crippen molar-refractivity contribution in [3.05, 3.63) is 45.9 Å². The number of carbonyl (C=O) groups is 1. The summed E-state index contributed by atoms with van der Waals surface area (Å²) in [6.07, 6.45) is -4.52. The number of nitrogens with one attached hydrogen (secondary N) is 1. The maximum absolute atomic E-state index is 12.7. The highest BCUT2D eigenvalue weighted by Crippen LogP contribution is 2.30. The Hall–Kier alpha value is -3.24. The number of hydrogen-bond acceptors (Lipinski definition) is 5. The molecule has 3 rings (SSSR count). The highest BCUT2D eigenvalue weighted by atomic mass is 19.4. The van der Waals surface area contributed by atoms with E-state index in [-0.39, 0.29) is 11.2 Å². The van der Waals surface area contributed by atoms with Crippen molar-refractivity contribution < 1.29 is 18.0 Å². The average Bonchev–Trinajstić information content (AvgIpc) is 2.85. The molecule has 0 bridgehead atoms. The summed E-state index contributed by atoms with van der Waals surface area (Å²) in [5, 5.41) is 13.9. The Balaban J connectivity index is 1.82. The van der Waals surface area contributed by atoms with Gasteiger partial charge in [0.1, 0.15) is 12.1 Å². The molecule has 0 radical (unpaired) electrons. The first-order valence-corrected chi connectivity index (χ1v) is 7.41. The summed E-state index contributed by atoms with van der Waals surface area (Å²) < 4.78 is 40.4. The fourth-order valence-corrected chi connectivity index (χ4v) is 2.34. The lowest BCUT2D eigenvalue weighted by atomic mass is 10.2. The van der Waals surface area contributed by atoms with Gasteiger partial charge in [0.2, 0.25) is 5.91 Å². The number of hydrogen-bond donors (Lipinski definition) is 1. The van der Waals surface area contributed by atoms with E-state index in [2.05, 4.69) is 20.7 Å². The maximum atomic E-state index is 12.7. The van der Waals surface area contributed by atoms with Gasteiger partial charge in [0.15, 0.2) is 5.52 Å². The second-order valence-electron chi connectivity index (χ2n) is 5.59. The summed E-state index contributed by atoms with van der Waals surface area (Å²) in [6, 6.07) is 4.18. The minimum absolute atomic E-state index is 0.0411. The molecule has 0 aliphatic rings. The first kappa shape index (κ1) is 17.6. The van der Waals surface area contributed by atoms with Gasteiger partial charge in [-0.05, 0) is 25.1 Å². The smallest absolute Gasteiger partial charge is 0.324 e. The molecule has 0 saturated carbocycles.